The zero-order valence-corrected chi connectivity index (χ0v) is 18.8. The van der Waals surface area contributed by atoms with Gasteiger partial charge in [0.05, 0.1) is 19.3 Å². The molecule has 27 heavy (non-hydrogen) atoms. The van der Waals surface area contributed by atoms with Crippen LogP contribution >= 0.6 is 24.0 Å². The normalized spacial score (nSPS) is 17.9. The van der Waals surface area contributed by atoms with Crippen LogP contribution in [0.15, 0.2) is 35.3 Å². The number of benzene rings is 1. The number of nitrogens with zero attached hydrogens (tertiary/aromatic N) is 1. The first kappa shape index (κ1) is 24.0. The smallest absolute Gasteiger partial charge is 0.191 e. The van der Waals surface area contributed by atoms with Gasteiger partial charge in [0.2, 0.25) is 0 Å². The van der Waals surface area contributed by atoms with E-state index in [1.807, 2.05) is 30.3 Å². The summed E-state index contributed by atoms with van der Waals surface area (Å²) in [6.45, 7) is 5.98. The maximum absolute atomic E-state index is 5.99. The summed E-state index contributed by atoms with van der Waals surface area (Å²) in [4.78, 5) is 4.26. The monoisotopic (exact) mass is 491 g/mol. The topological polar surface area (TPSA) is 64.1 Å². The average Bonchev–Trinajstić information content (AvgIpc) is 3.20. The molecule has 2 unspecified atom stereocenters. The lowest BCUT2D eigenvalue weighted by Crippen LogP contribution is -2.42. The number of nitrogens with one attached hydrogen (secondary N) is 2. The number of halogens is 1. The van der Waals surface area contributed by atoms with E-state index in [4.69, 9.17) is 14.2 Å². The quantitative estimate of drug-likeness (QED) is 0.216. The fourth-order valence-electron chi connectivity index (χ4n) is 2.76. The van der Waals surface area contributed by atoms with Gasteiger partial charge in [-0.25, -0.2) is 0 Å². The Hall–Kier alpha value is -1.06. The van der Waals surface area contributed by atoms with Crippen LogP contribution in [-0.4, -0.2) is 58.1 Å². The minimum Gasteiger partial charge on any atom is -0.489 e. The van der Waals surface area contributed by atoms with Gasteiger partial charge in [0.15, 0.2) is 5.96 Å². The van der Waals surface area contributed by atoms with Crippen LogP contribution in [-0.2, 0) is 9.47 Å². The van der Waals surface area contributed by atoms with E-state index >= 15 is 0 Å². The molecule has 1 aromatic rings. The van der Waals surface area contributed by atoms with E-state index < -0.39 is 0 Å². The Morgan fingerprint density at radius 3 is 2.78 bits per heavy atom. The summed E-state index contributed by atoms with van der Waals surface area (Å²) in [7, 11) is 1.78. The molecule has 7 heteroatoms. The Morgan fingerprint density at radius 2 is 2.11 bits per heavy atom. The van der Waals surface area contributed by atoms with Crippen molar-refractivity contribution in [2.75, 3.05) is 40.0 Å². The van der Waals surface area contributed by atoms with E-state index in [-0.39, 0.29) is 30.1 Å². The van der Waals surface area contributed by atoms with Crippen LogP contribution in [0.2, 0.25) is 0 Å². The highest BCUT2D eigenvalue weighted by atomic mass is 127. The van der Waals surface area contributed by atoms with Crippen LogP contribution in [0.4, 0.5) is 0 Å². The molecule has 0 saturated carbocycles. The van der Waals surface area contributed by atoms with Gasteiger partial charge in [0.1, 0.15) is 11.9 Å². The highest BCUT2D eigenvalue weighted by molar-refractivity contribution is 14.0. The van der Waals surface area contributed by atoms with Gasteiger partial charge in [0, 0.05) is 26.8 Å². The largest absolute Gasteiger partial charge is 0.489 e. The van der Waals surface area contributed by atoms with Crippen molar-refractivity contribution in [2.45, 2.75) is 44.8 Å². The number of rotatable bonds is 11. The molecule has 6 nitrogen and oxygen atoms in total. The molecule has 2 rings (SSSR count). The Kier molecular flexibility index (Phi) is 13.3. The Balaban J connectivity index is 0.00000364. The molecular weight excluding hydrogens is 457 g/mol. The van der Waals surface area contributed by atoms with E-state index in [0.29, 0.717) is 19.3 Å². The minimum absolute atomic E-state index is 0. The van der Waals surface area contributed by atoms with E-state index in [1.165, 1.54) is 0 Å². The van der Waals surface area contributed by atoms with Crippen molar-refractivity contribution < 1.29 is 14.2 Å². The third kappa shape index (κ3) is 10.2. The summed E-state index contributed by atoms with van der Waals surface area (Å²) in [5.41, 5.74) is 0. The van der Waals surface area contributed by atoms with Crippen LogP contribution in [0.5, 0.6) is 5.75 Å². The number of ether oxygens (including phenoxy) is 3. The van der Waals surface area contributed by atoms with Crippen LogP contribution in [0, 0.1) is 0 Å². The predicted octanol–water partition coefficient (Wildman–Crippen LogP) is 3.21. The molecule has 0 aliphatic carbocycles. The molecular formula is C20H34IN3O3. The standard InChI is InChI=1S/C20H33N3O3.HI/c1-3-17(26-18-9-5-4-6-10-18)15-23-20(21-2)22-12-8-13-24-16-19-11-7-14-25-19;/h4-6,9-10,17,19H,3,7-8,11-16H2,1-2H3,(H2,21,22,23);1H. The molecule has 1 heterocycles. The van der Waals surface area contributed by atoms with Gasteiger partial charge in [0.25, 0.3) is 0 Å². The van der Waals surface area contributed by atoms with Crippen LogP contribution in [0.25, 0.3) is 0 Å². The van der Waals surface area contributed by atoms with Crippen LogP contribution in [0.3, 0.4) is 0 Å². The Bertz CT molecular complexity index is 510. The number of para-hydroxylation sites is 1. The molecule has 1 aliphatic heterocycles. The van der Waals surface area contributed by atoms with Gasteiger partial charge in [-0.2, -0.15) is 0 Å². The molecule has 2 N–H and O–H groups in total. The molecule has 0 spiro atoms. The van der Waals surface area contributed by atoms with Crippen molar-refractivity contribution in [3.63, 3.8) is 0 Å². The highest BCUT2D eigenvalue weighted by Crippen LogP contribution is 2.12. The van der Waals surface area contributed by atoms with Crippen LogP contribution < -0.4 is 15.4 Å². The predicted molar refractivity (Wildman–Crippen MR) is 120 cm³/mol. The van der Waals surface area contributed by atoms with Crippen molar-refractivity contribution in [1.82, 2.24) is 10.6 Å². The molecule has 154 valence electrons. The minimum atomic E-state index is 0. The molecule has 1 aromatic carbocycles. The molecule has 0 bridgehead atoms. The summed E-state index contributed by atoms with van der Waals surface area (Å²) in [6.07, 6.45) is 4.54. The first-order valence-corrected chi connectivity index (χ1v) is 9.67. The lowest BCUT2D eigenvalue weighted by molar-refractivity contribution is 0.0168. The zero-order chi connectivity index (χ0) is 18.5. The summed E-state index contributed by atoms with van der Waals surface area (Å²) in [5.74, 6) is 1.69. The number of hydrogen-bond donors (Lipinski definition) is 2. The second kappa shape index (κ2) is 14.9. The molecule has 2 atom stereocenters. The van der Waals surface area contributed by atoms with E-state index in [2.05, 4.69) is 22.5 Å². The Morgan fingerprint density at radius 1 is 1.30 bits per heavy atom. The van der Waals surface area contributed by atoms with Gasteiger partial charge in [-0.05, 0) is 37.8 Å². The first-order chi connectivity index (χ1) is 12.8. The molecule has 0 aromatic heterocycles. The average molecular weight is 491 g/mol. The van der Waals surface area contributed by atoms with Crippen molar-refractivity contribution in [3.8, 4) is 5.75 Å². The van der Waals surface area contributed by atoms with Crippen molar-refractivity contribution in [3.05, 3.63) is 30.3 Å². The molecule has 1 fully saturated rings. The van der Waals surface area contributed by atoms with Gasteiger partial charge >= 0.3 is 0 Å². The zero-order valence-electron chi connectivity index (χ0n) is 16.5. The maximum Gasteiger partial charge on any atom is 0.191 e. The number of aliphatic imine (C=N–C) groups is 1. The van der Waals surface area contributed by atoms with Crippen molar-refractivity contribution >= 4 is 29.9 Å². The van der Waals surface area contributed by atoms with Gasteiger partial charge in [-0.15, -0.1) is 24.0 Å². The fourth-order valence-corrected chi connectivity index (χ4v) is 2.76. The number of hydrogen-bond acceptors (Lipinski definition) is 4. The molecule has 0 radical (unpaired) electrons. The van der Waals surface area contributed by atoms with Crippen LogP contribution in [0.1, 0.15) is 32.6 Å². The second-order valence-electron chi connectivity index (χ2n) is 6.40. The van der Waals surface area contributed by atoms with Gasteiger partial charge < -0.3 is 24.8 Å². The lowest BCUT2D eigenvalue weighted by atomic mass is 10.2. The third-order valence-corrected chi connectivity index (χ3v) is 4.31. The highest BCUT2D eigenvalue weighted by Gasteiger charge is 2.15. The van der Waals surface area contributed by atoms with Gasteiger partial charge in [-0.1, -0.05) is 25.1 Å². The first-order valence-electron chi connectivity index (χ1n) is 9.67. The van der Waals surface area contributed by atoms with Crippen molar-refractivity contribution in [1.29, 1.82) is 0 Å². The summed E-state index contributed by atoms with van der Waals surface area (Å²) < 4.78 is 17.2. The van der Waals surface area contributed by atoms with E-state index in [1.54, 1.807) is 7.05 Å². The van der Waals surface area contributed by atoms with Gasteiger partial charge in [-0.3, -0.25) is 4.99 Å². The number of guanidine groups is 1. The second-order valence-corrected chi connectivity index (χ2v) is 6.40. The molecule has 0 amide bonds. The molecule has 1 saturated heterocycles. The Labute approximate surface area is 180 Å². The van der Waals surface area contributed by atoms with E-state index in [0.717, 1.165) is 57.2 Å². The summed E-state index contributed by atoms with van der Waals surface area (Å²) in [6, 6.07) is 9.91. The third-order valence-electron chi connectivity index (χ3n) is 4.31. The van der Waals surface area contributed by atoms with Crippen molar-refractivity contribution in [2.24, 2.45) is 4.99 Å². The van der Waals surface area contributed by atoms with E-state index in [9.17, 15) is 0 Å². The summed E-state index contributed by atoms with van der Waals surface area (Å²) in [5, 5.41) is 6.64. The maximum atomic E-state index is 5.99. The lowest BCUT2D eigenvalue weighted by Gasteiger charge is -2.20. The fraction of sp³-hybridized carbons (Fsp3) is 0.650. The summed E-state index contributed by atoms with van der Waals surface area (Å²) >= 11 is 0. The SMILES string of the molecule is CCC(CNC(=NC)NCCCOCC1CCCO1)Oc1ccccc1.I. The molecule has 1 aliphatic rings.